The lowest BCUT2D eigenvalue weighted by Crippen LogP contribution is -2.56. The number of hydrogen-bond donors (Lipinski definition) is 0. The second kappa shape index (κ2) is 7.59. The first-order chi connectivity index (χ1) is 10.0. The summed E-state index contributed by atoms with van der Waals surface area (Å²) in [5.41, 5.74) is -2.20. The Kier molecular flexibility index (Phi) is 6.77. The van der Waals surface area contributed by atoms with Crippen LogP contribution in [0.5, 0.6) is 0 Å². The third-order valence-electron chi connectivity index (χ3n) is 3.20. The molecule has 0 aromatic carbocycles. The molecule has 6 heteroatoms. The topological polar surface area (TPSA) is 78.9 Å². The summed E-state index contributed by atoms with van der Waals surface area (Å²) in [7, 11) is 0. The molecule has 1 atom stereocenters. The van der Waals surface area contributed by atoms with Gasteiger partial charge in [0.15, 0.2) is 5.60 Å². The lowest BCUT2D eigenvalue weighted by molar-refractivity contribution is -0.253. The molecule has 0 spiro atoms. The fourth-order valence-electron chi connectivity index (χ4n) is 1.36. The molecule has 0 aliphatic heterocycles. The molecule has 0 saturated heterocycles. The second-order valence-corrected chi connectivity index (χ2v) is 5.60. The highest BCUT2D eigenvalue weighted by atomic mass is 16.7. The van der Waals surface area contributed by atoms with E-state index in [1.54, 1.807) is 20.8 Å². The van der Waals surface area contributed by atoms with E-state index in [1.165, 1.54) is 6.92 Å². The van der Waals surface area contributed by atoms with E-state index in [4.69, 9.17) is 14.2 Å². The predicted octanol–water partition coefficient (Wildman–Crippen LogP) is 2.30. The maximum absolute atomic E-state index is 11.6. The standard InChI is InChI=1S/C16H22O6/c1-8-11(17)20-14(21-12(18)9-2)16(7,15(4,5)6)22-13(19)10-3/h8-10,14H,1-3H2,4-7H3. The molecule has 0 heterocycles. The fourth-order valence-corrected chi connectivity index (χ4v) is 1.36. The molecule has 0 saturated carbocycles. The van der Waals surface area contributed by atoms with Crippen molar-refractivity contribution in [2.45, 2.75) is 39.6 Å². The Morgan fingerprint density at radius 3 is 1.45 bits per heavy atom. The first kappa shape index (κ1) is 19.6. The summed E-state index contributed by atoms with van der Waals surface area (Å²) in [5.74, 6) is -2.40. The van der Waals surface area contributed by atoms with E-state index in [9.17, 15) is 14.4 Å². The Hall–Kier alpha value is -2.37. The van der Waals surface area contributed by atoms with Gasteiger partial charge in [-0.15, -0.1) is 0 Å². The summed E-state index contributed by atoms with van der Waals surface area (Å²) in [6, 6.07) is 0. The third-order valence-corrected chi connectivity index (χ3v) is 3.20. The van der Waals surface area contributed by atoms with Gasteiger partial charge in [0.25, 0.3) is 6.29 Å². The molecule has 0 amide bonds. The van der Waals surface area contributed by atoms with Crippen molar-refractivity contribution in [2.75, 3.05) is 0 Å². The molecule has 0 aromatic rings. The van der Waals surface area contributed by atoms with Crippen molar-refractivity contribution in [3.05, 3.63) is 38.0 Å². The summed E-state index contributed by atoms with van der Waals surface area (Å²) < 4.78 is 15.4. The van der Waals surface area contributed by atoms with Crippen LogP contribution in [0.1, 0.15) is 27.7 Å². The minimum absolute atomic E-state index is 0.737. The SMILES string of the molecule is C=CC(=O)OC(OC(=O)C=C)C(C)(OC(=O)C=C)C(C)(C)C. The smallest absolute Gasteiger partial charge is 0.333 e. The fraction of sp³-hybridized carbons (Fsp3) is 0.438. The van der Waals surface area contributed by atoms with Crippen LogP contribution in [0, 0.1) is 5.41 Å². The van der Waals surface area contributed by atoms with E-state index < -0.39 is 35.2 Å². The van der Waals surface area contributed by atoms with Crippen LogP contribution >= 0.6 is 0 Å². The number of ether oxygens (including phenoxy) is 3. The molecule has 0 aliphatic carbocycles. The Bertz CT molecular complexity index is 463. The van der Waals surface area contributed by atoms with Gasteiger partial charge in [-0.3, -0.25) is 0 Å². The normalized spacial score (nSPS) is 13.5. The number of rotatable bonds is 7. The van der Waals surface area contributed by atoms with Crippen LogP contribution in [0.15, 0.2) is 38.0 Å². The van der Waals surface area contributed by atoms with Gasteiger partial charge in [0.2, 0.25) is 0 Å². The Morgan fingerprint density at radius 2 is 1.18 bits per heavy atom. The second-order valence-electron chi connectivity index (χ2n) is 5.60. The van der Waals surface area contributed by atoms with Gasteiger partial charge >= 0.3 is 17.9 Å². The minimum Gasteiger partial charge on any atom is -0.448 e. The van der Waals surface area contributed by atoms with Crippen molar-refractivity contribution in [3.8, 4) is 0 Å². The quantitative estimate of drug-likeness (QED) is 0.408. The number of carbonyl (C=O) groups is 3. The average Bonchev–Trinajstić information content (AvgIpc) is 2.44. The lowest BCUT2D eigenvalue weighted by Gasteiger charge is -2.43. The first-order valence-corrected chi connectivity index (χ1v) is 6.53. The molecular formula is C16H22O6. The van der Waals surface area contributed by atoms with Gasteiger partial charge in [-0.2, -0.15) is 0 Å². The zero-order chi connectivity index (χ0) is 17.6. The van der Waals surface area contributed by atoms with Crippen LogP contribution in [0.3, 0.4) is 0 Å². The molecule has 0 bridgehead atoms. The summed E-state index contributed by atoms with van der Waals surface area (Å²) in [6.07, 6.45) is 1.30. The van der Waals surface area contributed by atoms with Crippen LogP contribution in [-0.4, -0.2) is 29.8 Å². The predicted molar refractivity (Wildman–Crippen MR) is 80.5 cm³/mol. The van der Waals surface area contributed by atoms with Gasteiger partial charge in [0, 0.05) is 23.6 Å². The van der Waals surface area contributed by atoms with E-state index in [0.29, 0.717) is 0 Å². The van der Waals surface area contributed by atoms with E-state index in [-0.39, 0.29) is 0 Å². The molecule has 122 valence electrons. The van der Waals surface area contributed by atoms with Crippen LogP contribution in [0.4, 0.5) is 0 Å². The van der Waals surface area contributed by atoms with Crippen molar-refractivity contribution in [3.63, 3.8) is 0 Å². The van der Waals surface area contributed by atoms with Crippen LogP contribution < -0.4 is 0 Å². The van der Waals surface area contributed by atoms with Crippen molar-refractivity contribution in [1.29, 1.82) is 0 Å². The van der Waals surface area contributed by atoms with Gasteiger partial charge in [0.1, 0.15) is 0 Å². The molecule has 1 unspecified atom stereocenters. The van der Waals surface area contributed by atoms with Crippen molar-refractivity contribution in [1.82, 2.24) is 0 Å². The summed E-state index contributed by atoms with van der Waals surface area (Å²) in [4.78, 5) is 34.6. The van der Waals surface area contributed by atoms with E-state index in [1.807, 2.05) is 0 Å². The van der Waals surface area contributed by atoms with Crippen LogP contribution in [0.25, 0.3) is 0 Å². The molecule has 6 nitrogen and oxygen atoms in total. The molecule has 0 radical (unpaired) electrons. The maximum atomic E-state index is 11.6. The monoisotopic (exact) mass is 310 g/mol. The molecule has 0 fully saturated rings. The summed E-state index contributed by atoms with van der Waals surface area (Å²) >= 11 is 0. The van der Waals surface area contributed by atoms with Gasteiger partial charge in [-0.05, 0) is 6.92 Å². The van der Waals surface area contributed by atoms with Crippen molar-refractivity contribution < 1.29 is 28.6 Å². The van der Waals surface area contributed by atoms with Gasteiger partial charge in [-0.25, -0.2) is 14.4 Å². The van der Waals surface area contributed by atoms with Gasteiger partial charge in [-0.1, -0.05) is 40.5 Å². The Labute approximate surface area is 130 Å². The molecule has 0 aromatic heterocycles. The highest BCUT2D eigenvalue weighted by Crippen LogP contribution is 2.38. The zero-order valence-corrected chi connectivity index (χ0v) is 13.4. The van der Waals surface area contributed by atoms with Crippen LogP contribution in [0.2, 0.25) is 0 Å². The van der Waals surface area contributed by atoms with Gasteiger partial charge < -0.3 is 14.2 Å². The Balaban J connectivity index is 5.79. The zero-order valence-electron chi connectivity index (χ0n) is 13.4. The number of hydrogen-bond acceptors (Lipinski definition) is 6. The molecule has 0 rings (SSSR count). The minimum atomic E-state index is -1.48. The highest BCUT2D eigenvalue weighted by Gasteiger charge is 2.52. The van der Waals surface area contributed by atoms with E-state index in [0.717, 1.165) is 18.2 Å². The molecule has 0 aliphatic rings. The maximum Gasteiger partial charge on any atom is 0.333 e. The highest BCUT2D eigenvalue weighted by molar-refractivity contribution is 5.84. The lowest BCUT2D eigenvalue weighted by atomic mass is 9.77. The van der Waals surface area contributed by atoms with Crippen molar-refractivity contribution >= 4 is 17.9 Å². The van der Waals surface area contributed by atoms with E-state index >= 15 is 0 Å². The number of esters is 3. The van der Waals surface area contributed by atoms with Crippen LogP contribution in [-0.2, 0) is 28.6 Å². The molecule has 22 heavy (non-hydrogen) atoms. The first-order valence-electron chi connectivity index (χ1n) is 6.53. The van der Waals surface area contributed by atoms with Gasteiger partial charge in [0.05, 0.1) is 0 Å². The largest absolute Gasteiger partial charge is 0.448 e. The summed E-state index contributed by atoms with van der Waals surface area (Å²) in [5, 5.41) is 0. The third kappa shape index (κ3) is 4.87. The van der Waals surface area contributed by atoms with E-state index in [2.05, 4.69) is 19.7 Å². The van der Waals surface area contributed by atoms with Crippen molar-refractivity contribution in [2.24, 2.45) is 5.41 Å². The summed E-state index contributed by atoms with van der Waals surface area (Å²) in [6.45, 7) is 16.6. The molecule has 0 N–H and O–H groups in total. The Morgan fingerprint density at radius 1 is 0.818 bits per heavy atom. The average molecular weight is 310 g/mol. The number of carbonyl (C=O) groups excluding carboxylic acids is 3. The molecular weight excluding hydrogens is 288 g/mol.